The van der Waals surface area contributed by atoms with Gasteiger partial charge in [0.1, 0.15) is 5.75 Å². The Balaban J connectivity index is 1.82. The number of benzene rings is 1. The minimum Gasteiger partial charge on any atom is -0.507 e. The van der Waals surface area contributed by atoms with Gasteiger partial charge in [-0.1, -0.05) is 30.6 Å². The maximum atomic E-state index is 9.95. The van der Waals surface area contributed by atoms with Crippen molar-refractivity contribution < 1.29 is 9.63 Å². The fourth-order valence-electron chi connectivity index (χ4n) is 2.99. The minimum atomic E-state index is 0.181. The van der Waals surface area contributed by atoms with Crippen LogP contribution in [0.1, 0.15) is 56.8 Å². The second-order valence-electron chi connectivity index (χ2n) is 6.92. The molecule has 1 aromatic carbocycles. The molecule has 3 rings (SSSR count). The van der Waals surface area contributed by atoms with Gasteiger partial charge in [0.2, 0.25) is 0 Å². The van der Waals surface area contributed by atoms with Crippen molar-refractivity contribution in [3.05, 3.63) is 29.6 Å². The third-order valence-electron chi connectivity index (χ3n) is 4.53. The molecular weight excluding hydrogens is 264 g/mol. The summed E-state index contributed by atoms with van der Waals surface area (Å²) in [5.41, 5.74) is 2.10. The van der Waals surface area contributed by atoms with Crippen LogP contribution in [-0.4, -0.2) is 15.2 Å². The number of phenolic OH excluding ortho intramolecular Hbond substituents is 1. The van der Waals surface area contributed by atoms with Crippen molar-refractivity contribution in [2.75, 3.05) is 0 Å². The van der Waals surface area contributed by atoms with Crippen molar-refractivity contribution in [3.63, 3.8) is 0 Å². The van der Waals surface area contributed by atoms with Crippen LogP contribution < -0.4 is 0 Å². The van der Waals surface area contributed by atoms with Crippen LogP contribution in [0.15, 0.2) is 22.7 Å². The van der Waals surface area contributed by atoms with Crippen LogP contribution in [0.3, 0.4) is 0 Å². The van der Waals surface area contributed by atoms with E-state index in [0.29, 0.717) is 22.8 Å². The lowest BCUT2D eigenvalue weighted by molar-refractivity contribution is 0.218. The predicted molar refractivity (Wildman–Crippen MR) is 81.1 cm³/mol. The van der Waals surface area contributed by atoms with Crippen molar-refractivity contribution >= 4 is 0 Å². The van der Waals surface area contributed by atoms with Crippen LogP contribution in [-0.2, 0) is 0 Å². The summed E-state index contributed by atoms with van der Waals surface area (Å²) in [4.78, 5) is 4.52. The van der Waals surface area contributed by atoms with Crippen molar-refractivity contribution in [1.29, 1.82) is 0 Å². The van der Waals surface area contributed by atoms with Crippen LogP contribution >= 0.6 is 0 Å². The molecule has 4 nitrogen and oxygen atoms in total. The number of hydrogen-bond donors (Lipinski definition) is 1. The van der Waals surface area contributed by atoms with E-state index in [0.717, 1.165) is 24.2 Å². The van der Waals surface area contributed by atoms with Gasteiger partial charge in [-0.15, -0.1) is 0 Å². The number of nitrogens with zero attached hydrogens (tertiary/aromatic N) is 2. The van der Waals surface area contributed by atoms with Gasteiger partial charge in [-0.05, 0) is 50.2 Å². The lowest BCUT2D eigenvalue weighted by atomic mass is 9.73. The number of hydrogen-bond acceptors (Lipinski definition) is 4. The van der Waals surface area contributed by atoms with E-state index < -0.39 is 0 Å². The van der Waals surface area contributed by atoms with Gasteiger partial charge in [0.05, 0.1) is 5.56 Å². The van der Waals surface area contributed by atoms with Crippen LogP contribution in [0.2, 0.25) is 0 Å². The Kier molecular flexibility index (Phi) is 3.47. The Hall–Kier alpha value is -1.84. The third-order valence-corrected chi connectivity index (χ3v) is 4.53. The molecule has 21 heavy (non-hydrogen) atoms. The largest absolute Gasteiger partial charge is 0.507 e. The molecule has 0 bridgehead atoms. The first-order valence-corrected chi connectivity index (χ1v) is 7.58. The van der Waals surface area contributed by atoms with E-state index in [1.807, 2.05) is 19.1 Å². The Bertz CT molecular complexity index is 636. The molecule has 1 aliphatic carbocycles. The van der Waals surface area contributed by atoms with Gasteiger partial charge in [-0.3, -0.25) is 0 Å². The maximum Gasteiger partial charge on any atom is 0.261 e. The first-order chi connectivity index (χ1) is 9.94. The molecule has 0 spiro atoms. The quantitative estimate of drug-likeness (QED) is 0.887. The van der Waals surface area contributed by atoms with Crippen molar-refractivity contribution in [3.8, 4) is 17.2 Å². The summed E-state index contributed by atoms with van der Waals surface area (Å²) in [6.07, 6.45) is 4.59. The minimum absolute atomic E-state index is 0.181. The van der Waals surface area contributed by atoms with E-state index in [1.165, 1.54) is 12.8 Å². The smallest absolute Gasteiger partial charge is 0.261 e. The molecule has 2 aromatic rings. The molecule has 0 amide bonds. The van der Waals surface area contributed by atoms with Gasteiger partial charge >= 0.3 is 0 Å². The molecule has 1 heterocycles. The Labute approximate surface area is 125 Å². The molecule has 1 N–H and O–H groups in total. The van der Waals surface area contributed by atoms with Crippen molar-refractivity contribution in [1.82, 2.24) is 10.1 Å². The van der Waals surface area contributed by atoms with E-state index in [9.17, 15) is 5.11 Å². The number of aromatic hydroxyl groups is 1. The van der Waals surface area contributed by atoms with E-state index in [2.05, 4.69) is 24.0 Å². The van der Waals surface area contributed by atoms with Gasteiger partial charge in [0, 0.05) is 5.92 Å². The van der Waals surface area contributed by atoms with Crippen LogP contribution in [0.4, 0.5) is 0 Å². The Morgan fingerprint density at radius 1 is 1.24 bits per heavy atom. The second kappa shape index (κ2) is 5.17. The zero-order valence-electron chi connectivity index (χ0n) is 12.9. The van der Waals surface area contributed by atoms with E-state index in [1.54, 1.807) is 6.07 Å². The highest BCUT2D eigenvalue weighted by atomic mass is 16.5. The number of aryl methyl sites for hydroxylation is 1. The number of rotatable bonds is 2. The van der Waals surface area contributed by atoms with E-state index in [4.69, 9.17) is 4.52 Å². The molecule has 1 fully saturated rings. The summed E-state index contributed by atoms with van der Waals surface area (Å²) in [6.45, 7) is 6.61. The average Bonchev–Trinajstić information content (AvgIpc) is 2.91. The molecule has 112 valence electrons. The van der Waals surface area contributed by atoms with Crippen molar-refractivity contribution in [2.45, 2.75) is 52.4 Å². The zero-order valence-corrected chi connectivity index (χ0v) is 12.9. The summed E-state index contributed by atoms with van der Waals surface area (Å²) in [6, 6.07) is 5.40. The molecule has 0 aliphatic heterocycles. The maximum absolute atomic E-state index is 9.95. The normalized spacial score (nSPS) is 18.8. The van der Waals surface area contributed by atoms with Crippen molar-refractivity contribution in [2.24, 2.45) is 5.41 Å². The molecule has 0 unspecified atom stereocenters. The lowest BCUT2D eigenvalue weighted by Gasteiger charge is -2.32. The van der Waals surface area contributed by atoms with Gasteiger partial charge < -0.3 is 9.63 Å². The molecule has 1 aliphatic rings. The van der Waals surface area contributed by atoms with E-state index in [-0.39, 0.29) is 5.75 Å². The monoisotopic (exact) mass is 286 g/mol. The second-order valence-corrected chi connectivity index (χ2v) is 6.92. The molecule has 4 heteroatoms. The first kappa shape index (κ1) is 14.1. The standard InChI is InChI=1S/C17H22N2O2/c1-11-4-5-14(20)13(10-11)16-18-15(19-21-16)12-6-8-17(2,3)9-7-12/h4-5,10,12,20H,6-9H2,1-3H3. The molecular formula is C17H22N2O2. The lowest BCUT2D eigenvalue weighted by Crippen LogP contribution is -2.20. The molecule has 1 aromatic heterocycles. The van der Waals surface area contributed by atoms with Gasteiger partial charge in [-0.2, -0.15) is 4.98 Å². The summed E-state index contributed by atoms with van der Waals surface area (Å²) in [5, 5.41) is 14.1. The summed E-state index contributed by atoms with van der Waals surface area (Å²) < 4.78 is 5.37. The Morgan fingerprint density at radius 3 is 2.67 bits per heavy atom. The first-order valence-electron chi connectivity index (χ1n) is 7.58. The fraction of sp³-hybridized carbons (Fsp3) is 0.529. The topological polar surface area (TPSA) is 59.2 Å². The summed E-state index contributed by atoms with van der Waals surface area (Å²) in [7, 11) is 0. The summed E-state index contributed by atoms with van der Waals surface area (Å²) >= 11 is 0. The average molecular weight is 286 g/mol. The summed E-state index contributed by atoms with van der Waals surface area (Å²) in [5.74, 6) is 1.75. The molecule has 0 radical (unpaired) electrons. The van der Waals surface area contributed by atoms with Gasteiger partial charge in [-0.25, -0.2) is 0 Å². The molecule has 0 atom stereocenters. The van der Waals surface area contributed by atoms with Crippen LogP contribution in [0, 0.1) is 12.3 Å². The SMILES string of the molecule is Cc1ccc(O)c(-c2nc(C3CCC(C)(C)CC3)no2)c1. The zero-order chi connectivity index (χ0) is 15.0. The molecule has 1 saturated carbocycles. The molecule has 0 saturated heterocycles. The van der Waals surface area contributed by atoms with E-state index >= 15 is 0 Å². The van der Waals surface area contributed by atoms with Gasteiger partial charge in [0.15, 0.2) is 5.82 Å². The number of phenols is 1. The van der Waals surface area contributed by atoms with Gasteiger partial charge in [0.25, 0.3) is 5.89 Å². The highest BCUT2D eigenvalue weighted by molar-refractivity contribution is 5.63. The predicted octanol–water partition coefficient (Wildman–Crippen LogP) is 4.43. The highest BCUT2D eigenvalue weighted by Gasteiger charge is 2.30. The Morgan fingerprint density at radius 2 is 1.95 bits per heavy atom. The highest BCUT2D eigenvalue weighted by Crippen LogP contribution is 2.42. The van der Waals surface area contributed by atoms with Crippen LogP contribution in [0.5, 0.6) is 5.75 Å². The van der Waals surface area contributed by atoms with Crippen LogP contribution in [0.25, 0.3) is 11.5 Å². The fourth-order valence-corrected chi connectivity index (χ4v) is 2.99. The third kappa shape index (κ3) is 2.94. The number of aromatic nitrogens is 2.